The van der Waals surface area contributed by atoms with Crippen LogP contribution in [0.4, 0.5) is 0 Å². The molecule has 2 N–H and O–H groups in total. The van der Waals surface area contributed by atoms with Crippen LogP contribution in [0.25, 0.3) is 5.57 Å². The van der Waals surface area contributed by atoms with Crippen molar-refractivity contribution in [2.75, 3.05) is 33.7 Å². The fraction of sp³-hybridized carbons (Fsp3) is 0.732. The lowest BCUT2D eigenvalue weighted by atomic mass is 9.33. The van der Waals surface area contributed by atoms with Crippen LogP contribution in [-0.2, 0) is 0 Å². The second-order valence-corrected chi connectivity index (χ2v) is 16.9. The Kier molecular flexibility index (Phi) is 10.2. The van der Waals surface area contributed by atoms with E-state index in [-0.39, 0.29) is 0 Å². The maximum absolute atomic E-state index is 11.4. The molecule has 0 spiro atoms. The molecule has 0 aliphatic heterocycles. The Hall–Kier alpha value is -1.91. The van der Waals surface area contributed by atoms with Crippen molar-refractivity contribution in [1.29, 1.82) is 0 Å². The molecule has 6 rings (SSSR count). The molecule has 0 radical (unpaired) electrons. The highest BCUT2D eigenvalue weighted by molar-refractivity contribution is 5.88. The Balaban J connectivity index is 0.00000128. The smallest absolute Gasteiger partial charge is 0.335 e. The van der Waals surface area contributed by atoms with Gasteiger partial charge in [0.2, 0.25) is 0 Å². The molecule has 0 amide bonds. The quantitative estimate of drug-likeness (QED) is 0.226. The summed E-state index contributed by atoms with van der Waals surface area (Å²) in [5, 5.41) is 13.3. The molecule has 1 aromatic carbocycles. The molecule has 1 aromatic rings. The van der Waals surface area contributed by atoms with Crippen LogP contribution in [0, 0.1) is 51.2 Å². The molecule has 4 nitrogen and oxygen atoms in total. The summed E-state index contributed by atoms with van der Waals surface area (Å²) in [6.07, 6.45) is 19.5. The number of rotatable bonds is 8. The van der Waals surface area contributed by atoms with Gasteiger partial charge in [-0.05, 0) is 173 Å². The molecule has 5 aliphatic rings. The summed E-state index contributed by atoms with van der Waals surface area (Å²) in [5.74, 6) is 2.96. The minimum Gasteiger partial charge on any atom is -0.478 e. The van der Waals surface area contributed by atoms with Crippen LogP contribution in [0.1, 0.15) is 121 Å². The lowest BCUT2D eigenvalue weighted by molar-refractivity contribution is -0.217. The number of benzene rings is 1. The monoisotopic (exact) mass is 616 g/mol. The van der Waals surface area contributed by atoms with E-state index in [2.05, 4.69) is 64.7 Å². The molecule has 9 atom stereocenters. The summed E-state index contributed by atoms with van der Waals surface area (Å²) in [7, 11) is 4.37. The van der Waals surface area contributed by atoms with Crippen molar-refractivity contribution >= 4 is 11.5 Å². The van der Waals surface area contributed by atoms with E-state index in [9.17, 15) is 9.90 Å². The Morgan fingerprint density at radius 1 is 0.978 bits per heavy atom. The Morgan fingerprint density at radius 2 is 1.69 bits per heavy atom. The fourth-order valence-electron chi connectivity index (χ4n) is 12.3. The molecule has 45 heavy (non-hydrogen) atoms. The van der Waals surface area contributed by atoms with Gasteiger partial charge in [0.1, 0.15) is 0 Å². The molecular weight excluding hydrogens is 552 g/mol. The van der Waals surface area contributed by atoms with Crippen LogP contribution in [0.5, 0.6) is 0 Å². The number of hydrogen-bond acceptors (Lipinski definition) is 3. The van der Waals surface area contributed by atoms with Crippen LogP contribution in [0.2, 0.25) is 0 Å². The lowest BCUT2D eigenvalue weighted by Gasteiger charge is -2.71. The zero-order valence-corrected chi connectivity index (χ0v) is 29.8. The number of aromatic carboxylic acids is 1. The van der Waals surface area contributed by atoms with Gasteiger partial charge in [0.25, 0.3) is 0 Å². The van der Waals surface area contributed by atoms with Gasteiger partial charge in [-0.3, -0.25) is 0 Å². The molecule has 0 heterocycles. The van der Waals surface area contributed by atoms with E-state index in [4.69, 9.17) is 0 Å². The van der Waals surface area contributed by atoms with Crippen molar-refractivity contribution in [2.24, 2.45) is 51.2 Å². The van der Waals surface area contributed by atoms with Gasteiger partial charge in [-0.25, -0.2) is 4.79 Å². The van der Waals surface area contributed by atoms with Gasteiger partial charge in [-0.15, -0.1) is 6.58 Å². The third kappa shape index (κ3) is 5.90. The van der Waals surface area contributed by atoms with Crippen molar-refractivity contribution in [1.82, 2.24) is 10.2 Å². The van der Waals surface area contributed by atoms with Crippen molar-refractivity contribution in [2.45, 2.75) is 105 Å². The molecule has 5 aliphatic carbocycles. The van der Waals surface area contributed by atoms with E-state index in [1.54, 1.807) is 18.2 Å². The zero-order valence-electron chi connectivity index (χ0n) is 29.8. The molecule has 4 heteroatoms. The normalized spacial score (nSPS) is 40.2. The lowest BCUT2D eigenvalue weighted by Crippen LogP contribution is -2.64. The number of hydrogen-bond donors (Lipinski definition) is 2. The highest BCUT2D eigenvalue weighted by Gasteiger charge is 2.68. The van der Waals surface area contributed by atoms with Gasteiger partial charge < -0.3 is 15.3 Å². The van der Waals surface area contributed by atoms with Crippen molar-refractivity contribution in [3.05, 3.63) is 54.1 Å². The average Bonchev–Trinajstić information content (AvgIpc) is 3.42. The maximum atomic E-state index is 11.4. The fourth-order valence-corrected chi connectivity index (χ4v) is 12.3. The molecular formula is C41H64N2O2. The number of allylic oxidation sites excluding steroid dienone is 3. The summed E-state index contributed by atoms with van der Waals surface area (Å²) in [6.45, 7) is 19.5. The van der Waals surface area contributed by atoms with Crippen molar-refractivity contribution < 1.29 is 9.90 Å². The number of nitrogens with zero attached hydrogens (tertiary/aromatic N) is 1. The van der Waals surface area contributed by atoms with Crippen LogP contribution in [-0.4, -0.2) is 49.7 Å². The summed E-state index contributed by atoms with van der Waals surface area (Å²) in [5.41, 5.74) is 4.81. The molecule has 4 fully saturated rings. The first-order chi connectivity index (χ1) is 21.4. The van der Waals surface area contributed by atoms with E-state index in [0.29, 0.717) is 39.1 Å². The van der Waals surface area contributed by atoms with E-state index in [0.717, 1.165) is 24.3 Å². The van der Waals surface area contributed by atoms with Crippen LogP contribution in [0.15, 0.2) is 43.0 Å². The number of carboxylic acids is 1. The Morgan fingerprint density at radius 3 is 2.36 bits per heavy atom. The van der Waals surface area contributed by atoms with Gasteiger partial charge in [0, 0.05) is 6.54 Å². The summed E-state index contributed by atoms with van der Waals surface area (Å²) in [6, 6.07) is 7.65. The van der Waals surface area contributed by atoms with Gasteiger partial charge in [-0.2, -0.15) is 0 Å². The standard InChI is InChI=1S/C38H58N2O2.C3H6/c1-26-29(27-10-12-28(13-11-27)34(41)42)16-19-35(2)30(26)17-20-37(4)33(35)15-14-31-32-9-7-18-38(32,22-21-36(31,37)3)25-39-23-8-24-40(5)6;1-3-2/h10-13,16,26,30-33,39H,7-9,14-15,17-25H2,1-6H3,(H,41,42);3H,1H2,2H3/t26?,30?,31?,32?,33?,35?,36-,37?,38?;/m1./s1. The summed E-state index contributed by atoms with van der Waals surface area (Å²) in [4.78, 5) is 13.7. The highest BCUT2D eigenvalue weighted by atomic mass is 16.4. The zero-order chi connectivity index (χ0) is 32.6. The molecule has 250 valence electrons. The minimum atomic E-state index is -0.843. The topological polar surface area (TPSA) is 52.6 Å². The van der Waals surface area contributed by atoms with Gasteiger partial charge >= 0.3 is 5.97 Å². The van der Waals surface area contributed by atoms with Gasteiger partial charge in [-0.1, -0.05) is 58.4 Å². The average molecular weight is 617 g/mol. The molecule has 0 bridgehead atoms. The first kappa shape index (κ1) is 34.4. The van der Waals surface area contributed by atoms with Gasteiger partial charge in [0.05, 0.1) is 5.56 Å². The Labute approximate surface area is 275 Å². The summed E-state index contributed by atoms with van der Waals surface area (Å²) < 4.78 is 0. The first-order valence-electron chi connectivity index (χ1n) is 18.3. The Bertz CT molecular complexity index is 1240. The SMILES string of the molecule is C=CC.CC1C(c2ccc(C(=O)O)cc2)=CCC2(C)C1CCC1(C)C2CCC2C3CCCC3(CNCCCN(C)C)CC[C@]21C. The second-order valence-electron chi connectivity index (χ2n) is 16.9. The van der Waals surface area contributed by atoms with E-state index < -0.39 is 5.97 Å². The van der Waals surface area contributed by atoms with Crippen LogP contribution < -0.4 is 5.32 Å². The number of carboxylic acid groups (broad SMARTS) is 1. The summed E-state index contributed by atoms with van der Waals surface area (Å²) >= 11 is 0. The molecule has 4 saturated carbocycles. The molecule has 8 unspecified atom stereocenters. The second kappa shape index (κ2) is 13.3. The predicted molar refractivity (Wildman–Crippen MR) is 189 cm³/mol. The third-order valence-corrected chi connectivity index (χ3v) is 14.6. The van der Waals surface area contributed by atoms with Crippen molar-refractivity contribution in [3.8, 4) is 0 Å². The third-order valence-electron chi connectivity index (χ3n) is 14.6. The highest BCUT2D eigenvalue weighted by Crippen LogP contribution is 2.76. The van der Waals surface area contributed by atoms with E-state index >= 15 is 0 Å². The predicted octanol–water partition coefficient (Wildman–Crippen LogP) is 9.58. The van der Waals surface area contributed by atoms with E-state index in [1.165, 1.54) is 94.9 Å². The van der Waals surface area contributed by atoms with Gasteiger partial charge in [0.15, 0.2) is 0 Å². The van der Waals surface area contributed by atoms with E-state index in [1.807, 2.05) is 19.1 Å². The minimum absolute atomic E-state index is 0.350. The molecule has 0 aromatic heterocycles. The van der Waals surface area contributed by atoms with Crippen LogP contribution in [0.3, 0.4) is 0 Å². The molecule has 0 saturated heterocycles. The van der Waals surface area contributed by atoms with Crippen LogP contribution >= 0.6 is 0 Å². The number of nitrogens with one attached hydrogen (secondary N) is 1. The first-order valence-corrected chi connectivity index (χ1v) is 18.3. The van der Waals surface area contributed by atoms with Crippen molar-refractivity contribution in [3.63, 3.8) is 0 Å². The number of fused-ring (bicyclic) bond motifs is 7. The largest absolute Gasteiger partial charge is 0.478 e. The maximum Gasteiger partial charge on any atom is 0.335 e. The number of carbonyl (C=O) groups is 1.